The first-order valence-corrected chi connectivity index (χ1v) is 5.98. The van der Waals surface area contributed by atoms with Gasteiger partial charge in [-0.1, -0.05) is 19.1 Å². The van der Waals surface area contributed by atoms with Crippen LogP contribution in [0.4, 0.5) is 5.69 Å². The number of benzene rings is 1. The lowest BCUT2D eigenvalue weighted by atomic mass is 10.1. The lowest BCUT2D eigenvalue weighted by Crippen LogP contribution is -2.34. The molecule has 0 radical (unpaired) electrons. The van der Waals surface area contributed by atoms with Crippen LogP contribution in [0, 0.1) is 23.0 Å². The number of hydrogen-bond donors (Lipinski definition) is 1. The van der Waals surface area contributed by atoms with Crippen molar-refractivity contribution in [2.45, 2.75) is 13.8 Å². The van der Waals surface area contributed by atoms with Gasteiger partial charge in [0.05, 0.1) is 10.8 Å². The van der Waals surface area contributed by atoms with E-state index in [-0.39, 0.29) is 17.8 Å². The Morgan fingerprint density at radius 2 is 2.05 bits per heavy atom. The maximum atomic E-state index is 12.2. The monoisotopic (exact) mass is 280 g/mol. The summed E-state index contributed by atoms with van der Waals surface area (Å²) >= 11 is 0. The summed E-state index contributed by atoms with van der Waals surface area (Å²) in [5.74, 6) is -2.33. The van der Waals surface area contributed by atoms with Gasteiger partial charge in [-0.3, -0.25) is 19.7 Å². The Kier molecular flexibility index (Phi) is 4.79. The molecule has 108 valence electrons. The highest BCUT2D eigenvalue weighted by Gasteiger charge is 2.26. The summed E-state index contributed by atoms with van der Waals surface area (Å²) in [7, 11) is 1.42. The summed E-state index contributed by atoms with van der Waals surface area (Å²) in [4.78, 5) is 34.6. The van der Waals surface area contributed by atoms with Crippen LogP contribution >= 0.6 is 0 Å². The summed E-state index contributed by atoms with van der Waals surface area (Å²) in [5.41, 5.74) is 0.114. The molecule has 1 unspecified atom stereocenters. The zero-order valence-corrected chi connectivity index (χ0v) is 11.5. The molecule has 7 nitrogen and oxygen atoms in total. The van der Waals surface area contributed by atoms with Crippen LogP contribution in [0.25, 0.3) is 0 Å². The average molecular weight is 280 g/mol. The summed E-state index contributed by atoms with van der Waals surface area (Å²) in [6.07, 6.45) is 0. The van der Waals surface area contributed by atoms with Crippen LogP contribution in [-0.2, 0) is 4.79 Å². The Labute approximate surface area is 116 Å². The van der Waals surface area contributed by atoms with E-state index < -0.39 is 22.7 Å². The third-order valence-electron chi connectivity index (χ3n) is 2.97. The van der Waals surface area contributed by atoms with Gasteiger partial charge in [-0.15, -0.1) is 0 Å². The van der Waals surface area contributed by atoms with Crippen LogP contribution < -0.4 is 0 Å². The zero-order valence-electron chi connectivity index (χ0n) is 11.5. The molecule has 0 aliphatic rings. The second-order valence-electron chi connectivity index (χ2n) is 4.65. The van der Waals surface area contributed by atoms with E-state index in [1.807, 2.05) is 0 Å². The molecule has 0 heterocycles. The maximum absolute atomic E-state index is 12.2. The molecule has 0 aliphatic heterocycles. The van der Waals surface area contributed by atoms with Crippen molar-refractivity contribution in [3.8, 4) is 0 Å². The summed E-state index contributed by atoms with van der Waals surface area (Å²) in [6.45, 7) is 3.00. The van der Waals surface area contributed by atoms with Gasteiger partial charge < -0.3 is 10.0 Å². The number of nitro groups is 1. The number of carboxylic acid groups (broad SMARTS) is 1. The van der Waals surface area contributed by atoms with Crippen molar-refractivity contribution in [3.05, 3.63) is 39.4 Å². The average Bonchev–Trinajstić information content (AvgIpc) is 2.36. The molecule has 0 saturated heterocycles. The van der Waals surface area contributed by atoms with Gasteiger partial charge in [0, 0.05) is 19.2 Å². The Hall–Kier alpha value is -2.44. The molecule has 0 spiro atoms. The van der Waals surface area contributed by atoms with Gasteiger partial charge in [0.25, 0.3) is 11.6 Å². The lowest BCUT2D eigenvalue weighted by Gasteiger charge is -2.19. The fourth-order valence-corrected chi connectivity index (χ4v) is 1.85. The fraction of sp³-hybridized carbons (Fsp3) is 0.385. The number of carbonyl (C=O) groups is 2. The van der Waals surface area contributed by atoms with E-state index >= 15 is 0 Å². The molecule has 1 atom stereocenters. The second-order valence-corrected chi connectivity index (χ2v) is 4.65. The molecular formula is C13H16N2O5. The van der Waals surface area contributed by atoms with Crippen LogP contribution in [0.5, 0.6) is 0 Å². The Morgan fingerprint density at radius 3 is 2.55 bits per heavy atom. The molecule has 1 rings (SSSR count). The minimum Gasteiger partial charge on any atom is -0.481 e. The number of aryl methyl sites for hydroxylation is 1. The molecule has 0 saturated carbocycles. The summed E-state index contributed by atoms with van der Waals surface area (Å²) in [6, 6.07) is 4.48. The first-order chi connectivity index (χ1) is 9.25. The second kappa shape index (κ2) is 6.14. The Bertz CT molecular complexity index is 556. The van der Waals surface area contributed by atoms with Crippen LogP contribution in [0.1, 0.15) is 22.8 Å². The number of nitro benzene ring substituents is 1. The van der Waals surface area contributed by atoms with Gasteiger partial charge in [0.15, 0.2) is 0 Å². The number of aliphatic carboxylic acids is 1. The van der Waals surface area contributed by atoms with Crippen LogP contribution in [0.2, 0.25) is 0 Å². The van der Waals surface area contributed by atoms with Crippen LogP contribution in [0.3, 0.4) is 0 Å². The molecule has 0 bridgehead atoms. The molecule has 7 heteroatoms. The van der Waals surface area contributed by atoms with E-state index in [1.54, 1.807) is 19.1 Å². The molecule has 20 heavy (non-hydrogen) atoms. The van der Waals surface area contributed by atoms with E-state index in [0.29, 0.717) is 5.56 Å². The van der Waals surface area contributed by atoms with E-state index in [1.165, 1.54) is 24.9 Å². The SMILES string of the molecule is Cc1cccc(C(=O)N(C)CC(C)C(=O)O)c1[N+](=O)[O-]. The number of carboxylic acids is 1. The third kappa shape index (κ3) is 3.31. The Morgan fingerprint density at radius 1 is 1.45 bits per heavy atom. The predicted octanol–water partition coefficient (Wildman–Crippen LogP) is 1.70. The van der Waals surface area contributed by atoms with Crippen molar-refractivity contribution < 1.29 is 19.6 Å². The van der Waals surface area contributed by atoms with Gasteiger partial charge >= 0.3 is 5.97 Å². The topological polar surface area (TPSA) is 101 Å². The normalized spacial score (nSPS) is 11.8. The fourth-order valence-electron chi connectivity index (χ4n) is 1.85. The van der Waals surface area contributed by atoms with Gasteiger partial charge in [-0.25, -0.2) is 0 Å². The number of hydrogen-bond acceptors (Lipinski definition) is 4. The van der Waals surface area contributed by atoms with Gasteiger partial charge in [-0.2, -0.15) is 0 Å². The number of amides is 1. The van der Waals surface area contributed by atoms with Crippen molar-refractivity contribution in [1.82, 2.24) is 4.90 Å². The quantitative estimate of drug-likeness (QED) is 0.653. The molecule has 1 N–H and O–H groups in total. The highest BCUT2D eigenvalue weighted by Crippen LogP contribution is 2.24. The molecular weight excluding hydrogens is 264 g/mol. The van der Waals surface area contributed by atoms with Crippen molar-refractivity contribution in [2.24, 2.45) is 5.92 Å². The van der Waals surface area contributed by atoms with Crippen LogP contribution in [0.15, 0.2) is 18.2 Å². The molecule has 0 aliphatic carbocycles. The smallest absolute Gasteiger partial charge is 0.308 e. The van der Waals surface area contributed by atoms with Crippen molar-refractivity contribution in [1.29, 1.82) is 0 Å². The molecule has 0 aromatic heterocycles. The van der Waals surface area contributed by atoms with Crippen molar-refractivity contribution >= 4 is 17.6 Å². The summed E-state index contributed by atoms with van der Waals surface area (Å²) < 4.78 is 0. The zero-order chi connectivity index (χ0) is 15.4. The molecule has 0 fully saturated rings. The Balaban J connectivity index is 3.06. The van der Waals surface area contributed by atoms with Crippen LogP contribution in [-0.4, -0.2) is 40.4 Å². The highest BCUT2D eigenvalue weighted by atomic mass is 16.6. The number of rotatable bonds is 5. The molecule has 1 aromatic carbocycles. The van der Waals surface area contributed by atoms with Crippen molar-refractivity contribution in [2.75, 3.05) is 13.6 Å². The minimum absolute atomic E-state index is 0.0146. The van der Waals surface area contributed by atoms with Gasteiger partial charge in [-0.05, 0) is 13.0 Å². The molecule has 1 aromatic rings. The van der Waals surface area contributed by atoms with Crippen molar-refractivity contribution in [3.63, 3.8) is 0 Å². The van der Waals surface area contributed by atoms with E-state index in [2.05, 4.69) is 0 Å². The predicted molar refractivity (Wildman–Crippen MR) is 71.6 cm³/mol. The van der Waals surface area contributed by atoms with E-state index in [9.17, 15) is 19.7 Å². The van der Waals surface area contributed by atoms with Gasteiger partial charge in [0.2, 0.25) is 0 Å². The number of carbonyl (C=O) groups excluding carboxylic acids is 1. The first kappa shape index (κ1) is 15.6. The number of para-hydroxylation sites is 1. The van der Waals surface area contributed by atoms with Gasteiger partial charge in [0.1, 0.15) is 5.56 Å². The van der Waals surface area contributed by atoms with E-state index in [0.717, 1.165) is 0 Å². The standard InChI is InChI=1S/C13H16N2O5/c1-8-5-4-6-10(11(8)15(19)20)12(16)14(3)7-9(2)13(17)18/h4-6,9H,7H2,1-3H3,(H,17,18). The third-order valence-corrected chi connectivity index (χ3v) is 2.97. The largest absolute Gasteiger partial charge is 0.481 e. The first-order valence-electron chi connectivity index (χ1n) is 5.98. The maximum Gasteiger partial charge on any atom is 0.308 e. The minimum atomic E-state index is -1.02. The number of nitrogens with zero attached hydrogens (tertiary/aromatic N) is 2. The lowest BCUT2D eigenvalue weighted by molar-refractivity contribution is -0.385. The summed E-state index contributed by atoms with van der Waals surface area (Å²) in [5, 5.41) is 19.9. The highest BCUT2D eigenvalue weighted by molar-refractivity contribution is 5.98. The molecule has 1 amide bonds. The van der Waals surface area contributed by atoms with E-state index in [4.69, 9.17) is 5.11 Å².